The highest BCUT2D eigenvalue weighted by atomic mass is 32.2. The maximum Gasteiger partial charge on any atom is 0.241 e. The molecule has 0 atom stereocenters. The van der Waals surface area contributed by atoms with Crippen molar-refractivity contribution in [2.45, 2.75) is 38.1 Å². The Morgan fingerprint density at radius 3 is 2.45 bits per heavy atom. The Morgan fingerprint density at radius 2 is 1.95 bits per heavy atom. The molecule has 114 valence electrons. The van der Waals surface area contributed by atoms with Crippen molar-refractivity contribution in [3.05, 3.63) is 23.0 Å². The number of aryl methyl sites for hydroxylation is 1. The predicted octanol–water partition coefficient (Wildman–Crippen LogP) is 1.73. The normalized spacial score (nSPS) is 12.7. The maximum atomic E-state index is 13.5. The third-order valence-electron chi connectivity index (χ3n) is 2.89. The number of hydrogen-bond acceptors (Lipinski definition) is 4. The summed E-state index contributed by atoms with van der Waals surface area (Å²) in [5.41, 5.74) is 5.17. The number of hydrogen-bond donors (Lipinski definition) is 2. The van der Waals surface area contributed by atoms with Crippen LogP contribution in [0.4, 0.5) is 10.1 Å². The molecule has 1 aromatic carbocycles. The fourth-order valence-corrected chi connectivity index (χ4v) is 4.03. The van der Waals surface area contributed by atoms with Crippen molar-refractivity contribution in [3.8, 4) is 0 Å². The molecule has 0 unspecified atom stereocenters. The molecule has 5 nitrogen and oxygen atoms in total. The second-order valence-electron chi connectivity index (χ2n) is 5.47. The number of benzene rings is 1. The maximum absolute atomic E-state index is 13.5. The lowest BCUT2D eigenvalue weighted by molar-refractivity contribution is 0.141. The molecule has 0 fully saturated rings. The van der Waals surface area contributed by atoms with E-state index in [9.17, 15) is 12.8 Å². The zero-order chi connectivity index (χ0) is 15.7. The van der Waals surface area contributed by atoms with Crippen LogP contribution >= 0.6 is 0 Å². The van der Waals surface area contributed by atoms with Crippen molar-refractivity contribution in [1.82, 2.24) is 4.72 Å². The number of nitrogen functional groups attached to an aromatic ring is 1. The average Bonchev–Trinajstić information content (AvgIpc) is 2.23. The van der Waals surface area contributed by atoms with Gasteiger partial charge in [0.15, 0.2) is 0 Å². The van der Waals surface area contributed by atoms with Crippen LogP contribution in [0, 0.1) is 19.7 Å². The Bertz CT molecular complexity index is 613. The van der Waals surface area contributed by atoms with Crippen molar-refractivity contribution in [2.75, 3.05) is 19.5 Å². The lowest BCUT2D eigenvalue weighted by atomic mass is 10.1. The van der Waals surface area contributed by atoms with Gasteiger partial charge in [-0.1, -0.05) is 0 Å². The van der Waals surface area contributed by atoms with Gasteiger partial charge < -0.3 is 10.5 Å². The van der Waals surface area contributed by atoms with Crippen LogP contribution in [0.15, 0.2) is 11.0 Å². The van der Waals surface area contributed by atoms with Crippen LogP contribution in [-0.4, -0.2) is 27.7 Å². The lowest BCUT2D eigenvalue weighted by Gasteiger charge is -2.26. The number of ether oxygens (including phenoxy) is 1. The molecule has 7 heteroatoms. The van der Waals surface area contributed by atoms with Crippen LogP contribution < -0.4 is 10.5 Å². The van der Waals surface area contributed by atoms with Crippen LogP contribution in [0.3, 0.4) is 0 Å². The van der Waals surface area contributed by atoms with E-state index in [-0.39, 0.29) is 22.8 Å². The van der Waals surface area contributed by atoms with Gasteiger partial charge in [-0.15, -0.1) is 0 Å². The monoisotopic (exact) mass is 304 g/mol. The highest BCUT2D eigenvalue weighted by Gasteiger charge is 2.29. The first kappa shape index (κ1) is 16.9. The third-order valence-corrected chi connectivity index (χ3v) is 4.87. The van der Waals surface area contributed by atoms with Gasteiger partial charge in [-0.05, 0) is 44.9 Å². The summed E-state index contributed by atoms with van der Waals surface area (Å²) in [6, 6.07) is 1.13. The molecule has 0 aliphatic heterocycles. The highest BCUT2D eigenvalue weighted by molar-refractivity contribution is 7.89. The second kappa shape index (κ2) is 5.67. The van der Waals surface area contributed by atoms with E-state index < -0.39 is 21.4 Å². The Balaban J connectivity index is 3.34. The van der Waals surface area contributed by atoms with E-state index in [1.165, 1.54) is 21.0 Å². The fraction of sp³-hybridized carbons (Fsp3) is 0.538. The van der Waals surface area contributed by atoms with Gasteiger partial charge in [-0.3, -0.25) is 0 Å². The Labute approximate surface area is 119 Å². The van der Waals surface area contributed by atoms with Crippen LogP contribution in [0.2, 0.25) is 0 Å². The number of nitrogens with one attached hydrogen (secondary N) is 1. The first-order chi connectivity index (χ1) is 9.02. The standard InChI is InChI=1S/C13H21FN2O3S/c1-8-6-10(14)11(15)9(2)12(8)20(17,18)16-13(3,4)7-19-5/h6,16H,7,15H2,1-5H3. The topological polar surface area (TPSA) is 81.4 Å². The minimum absolute atomic E-state index is 0.0144. The third kappa shape index (κ3) is 3.47. The van der Waals surface area contributed by atoms with Gasteiger partial charge >= 0.3 is 0 Å². The number of halogens is 1. The van der Waals surface area contributed by atoms with E-state index in [2.05, 4.69) is 4.72 Å². The van der Waals surface area contributed by atoms with Gasteiger partial charge in [0.05, 0.1) is 22.7 Å². The molecule has 0 aliphatic rings. The summed E-state index contributed by atoms with van der Waals surface area (Å²) < 4.78 is 46.0. The van der Waals surface area contributed by atoms with Gasteiger partial charge in [-0.25, -0.2) is 17.5 Å². The van der Waals surface area contributed by atoms with Crippen LogP contribution in [0.1, 0.15) is 25.0 Å². The SMILES string of the molecule is COCC(C)(C)NS(=O)(=O)c1c(C)cc(F)c(N)c1C. The molecule has 3 N–H and O–H groups in total. The first-order valence-electron chi connectivity index (χ1n) is 6.10. The summed E-state index contributed by atoms with van der Waals surface area (Å²) in [6.45, 7) is 6.63. The Kier molecular flexibility index (Phi) is 4.78. The number of sulfonamides is 1. The van der Waals surface area contributed by atoms with Gasteiger partial charge in [0.2, 0.25) is 10.0 Å². The summed E-state index contributed by atoms with van der Waals surface area (Å²) in [7, 11) is -2.33. The molecule has 0 bridgehead atoms. The molecule has 0 heterocycles. The van der Waals surface area contributed by atoms with Crippen molar-refractivity contribution in [3.63, 3.8) is 0 Å². The summed E-state index contributed by atoms with van der Waals surface area (Å²) in [6.07, 6.45) is 0. The summed E-state index contributed by atoms with van der Waals surface area (Å²) in [5.74, 6) is -0.616. The molecule has 1 aromatic rings. The Hall–Kier alpha value is -1.18. The van der Waals surface area contributed by atoms with Crippen LogP contribution in [0.25, 0.3) is 0 Å². The first-order valence-corrected chi connectivity index (χ1v) is 7.58. The number of methoxy groups -OCH3 is 1. The molecule has 20 heavy (non-hydrogen) atoms. The van der Waals surface area contributed by atoms with Crippen molar-refractivity contribution < 1.29 is 17.5 Å². The number of anilines is 1. The molecule has 0 aromatic heterocycles. The van der Waals surface area contributed by atoms with E-state index in [1.54, 1.807) is 13.8 Å². The Morgan fingerprint density at radius 1 is 1.40 bits per heavy atom. The molecule has 0 amide bonds. The van der Waals surface area contributed by atoms with E-state index in [1.807, 2.05) is 0 Å². The number of rotatable bonds is 5. The van der Waals surface area contributed by atoms with Gasteiger partial charge in [0.1, 0.15) is 5.82 Å². The lowest BCUT2D eigenvalue weighted by Crippen LogP contribution is -2.47. The zero-order valence-corrected chi connectivity index (χ0v) is 13.2. The van der Waals surface area contributed by atoms with E-state index in [0.717, 1.165) is 6.07 Å². The van der Waals surface area contributed by atoms with Crippen molar-refractivity contribution in [1.29, 1.82) is 0 Å². The molecular weight excluding hydrogens is 283 g/mol. The summed E-state index contributed by atoms with van der Waals surface area (Å²) in [4.78, 5) is 0.0144. The van der Waals surface area contributed by atoms with Gasteiger partial charge in [0.25, 0.3) is 0 Å². The average molecular weight is 304 g/mol. The number of nitrogens with two attached hydrogens (primary N) is 1. The second-order valence-corrected chi connectivity index (χ2v) is 7.08. The van der Waals surface area contributed by atoms with E-state index in [4.69, 9.17) is 10.5 Å². The molecule has 0 saturated heterocycles. The molecule has 1 rings (SSSR count). The highest BCUT2D eigenvalue weighted by Crippen LogP contribution is 2.28. The van der Waals surface area contributed by atoms with Crippen LogP contribution in [-0.2, 0) is 14.8 Å². The molecule has 0 aliphatic carbocycles. The van der Waals surface area contributed by atoms with Crippen molar-refractivity contribution >= 4 is 15.7 Å². The molecule has 0 saturated carbocycles. The summed E-state index contributed by atoms with van der Waals surface area (Å²) >= 11 is 0. The molecule has 0 spiro atoms. The van der Waals surface area contributed by atoms with Crippen LogP contribution in [0.5, 0.6) is 0 Å². The zero-order valence-electron chi connectivity index (χ0n) is 12.4. The van der Waals surface area contributed by atoms with E-state index >= 15 is 0 Å². The van der Waals surface area contributed by atoms with Gasteiger partial charge in [0, 0.05) is 7.11 Å². The van der Waals surface area contributed by atoms with Crippen molar-refractivity contribution in [2.24, 2.45) is 0 Å². The largest absolute Gasteiger partial charge is 0.396 e. The minimum atomic E-state index is -3.82. The minimum Gasteiger partial charge on any atom is -0.396 e. The van der Waals surface area contributed by atoms with E-state index in [0.29, 0.717) is 5.56 Å². The molecular formula is C13H21FN2O3S. The quantitative estimate of drug-likeness (QED) is 0.812. The smallest absolute Gasteiger partial charge is 0.241 e. The molecule has 0 radical (unpaired) electrons. The van der Waals surface area contributed by atoms with Gasteiger partial charge in [-0.2, -0.15) is 0 Å². The summed E-state index contributed by atoms with van der Waals surface area (Å²) in [5, 5.41) is 0. The fourth-order valence-electron chi connectivity index (χ4n) is 2.15. The predicted molar refractivity (Wildman–Crippen MR) is 76.6 cm³/mol.